The van der Waals surface area contributed by atoms with Gasteiger partial charge in [-0.15, -0.1) is 0 Å². The minimum absolute atomic E-state index is 0.250. The van der Waals surface area contributed by atoms with Gasteiger partial charge in [-0.1, -0.05) is 30.0 Å². The van der Waals surface area contributed by atoms with Gasteiger partial charge in [0.05, 0.1) is 11.0 Å². The highest BCUT2D eigenvalue weighted by Gasteiger charge is 2.30. The van der Waals surface area contributed by atoms with Crippen molar-refractivity contribution in [2.45, 2.75) is 6.18 Å². The molecule has 2 aromatic rings. The first kappa shape index (κ1) is 21.0. The Kier molecular flexibility index (Phi) is 6.30. The highest BCUT2D eigenvalue weighted by molar-refractivity contribution is 7.92. The number of alkyl halides is 3. The number of halogens is 3. The second kappa shape index (κ2) is 8.72. The smallest absolute Gasteiger partial charge is 0.369 e. The lowest BCUT2D eigenvalue weighted by atomic mass is 10.2. The van der Waals surface area contributed by atoms with Gasteiger partial charge in [0.15, 0.2) is 0 Å². The Morgan fingerprint density at radius 3 is 2.10 bits per heavy atom. The van der Waals surface area contributed by atoms with Crippen molar-refractivity contribution >= 4 is 15.7 Å². The fourth-order valence-electron chi connectivity index (χ4n) is 2.91. The Morgan fingerprint density at radius 1 is 0.897 bits per heavy atom. The lowest BCUT2D eigenvalue weighted by molar-refractivity contribution is -0.137. The first-order valence-electron chi connectivity index (χ1n) is 8.91. The highest BCUT2D eigenvalue weighted by atomic mass is 32.2. The minimum Gasteiger partial charge on any atom is -0.369 e. The zero-order valence-electron chi connectivity index (χ0n) is 15.4. The van der Waals surface area contributed by atoms with Crippen LogP contribution < -0.4 is 4.90 Å². The molecule has 0 amide bonds. The number of hydrogen-bond acceptors (Lipinski definition) is 3. The van der Waals surface area contributed by atoms with E-state index in [1.807, 2.05) is 35.2 Å². The molecule has 1 heterocycles. The Labute approximate surface area is 168 Å². The number of benzene rings is 2. The summed E-state index contributed by atoms with van der Waals surface area (Å²) in [5, 5.41) is 1.08. The van der Waals surface area contributed by atoms with E-state index >= 15 is 0 Å². The van der Waals surface area contributed by atoms with Crippen LogP contribution in [0.1, 0.15) is 11.1 Å². The molecule has 0 atom stereocenters. The summed E-state index contributed by atoms with van der Waals surface area (Å²) in [6.45, 7) is 1.29. The van der Waals surface area contributed by atoms with E-state index in [-0.39, 0.29) is 13.1 Å². The molecule has 0 N–H and O–H groups in total. The van der Waals surface area contributed by atoms with Gasteiger partial charge in [-0.05, 0) is 36.4 Å². The van der Waals surface area contributed by atoms with Crippen molar-refractivity contribution in [2.24, 2.45) is 0 Å². The summed E-state index contributed by atoms with van der Waals surface area (Å²) < 4.78 is 64.2. The first-order valence-corrected chi connectivity index (χ1v) is 10.4. The van der Waals surface area contributed by atoms with Gasteiger partial charge in [0.2, 0.25) is 10.0 Å². The van der Waals surface area contributed by atoms with Gasteiger partial charge in [0.1, 0.15) is 0 Å². The van der Waals surface area contributed by atoms with E-state index in [9.17, 15) is 21.6 Å². The average molecular weight is 420 g/mol. The number of nitrogens with zero attached hydrogens (tertiary/aromatic N) is 2. The molecular formula is C21H19F3N2O2S. The standard InChI is InChI=1S/C21H19F3N2O2S/c22-21(23,24)19-9-11-20(12-10-19)25-13-15-26(16-14-25)29(27,28)17-5-4-8-18-6-2-1-3-7-18/h1-3,5-7,9-12,17H,13-16H2. The second-order valence-electron chi connectivity index (χ2n) is 6.41. The molecule has 4 nitrogen and oxygen atoms in total. The van der Waals surface area contributed by atoms with Crippen molar-refractivity contribution in [2.75, 3.05) is 31.1 Å². The van der Waals surface area contributed by atoms with Crippen LogP contribution >= 0.6 is 0 Å². The topological polar surface area (TPSA) is 40.6 Å². The van der Waals surface area contributed by atoms with Crippen LogP contribution in [0.3, 0.4) is 0 Å². The molecule has 0 bridgehead atoms. The van der Waals surface area contributed by atoms with E-state index < -0.39 is 21.8 Å². The molecule has 0 aliphatic carbocycles. The van der Waals surface area contributed by atoms with Crippen molar-refractivity contribution in [3.05, 3.63) is 77.2 Å². The summed E-state index contributed by atoms with van der Waals surface area (Å²) in [7, 11) is -3.59. The Hall–Kier alpha value is -2.76. The predicted octanol–water partition coefficient (Wildman–Crippen LogP) is 3.72. The van der Waals surface area contributed by atoms with E-state index in [2.05, 4.69) is 11.8 Å². The molecule has 0 spiro atoms. The maximum atomic E-state index is 12.7. The minimum atomic E-state index is -4.37. The first-order chi connectivity index (χ1) is 13.8. The van der Waals surface area contributed by atoms with E-state index in [1.165, 1.54) is 22.5 Å². The molecule has 8 heteroatoms. The third-order valence-corrected chi connectivity index (χ3v) is 6.04. The quantitative estimate of drug-likeness (QED) is 0.711. The van der Waals surface area contributed by atoms with Gasteiger partial charge >= 0.3 is 6.18 Å². The molecule has 3 rings (SSSR count). The Bertz CT molecular complexity index is 1010. The summed E-state index contributed by atoms with van der Waals surface area (Å²) in [4.78, 5) is 1.87. The van der Waals surface area contributed by atoms with Crippen molar-refractivity contribution < 1.29 is 21.6 Å². The summed E-state index contributed by atoms with van der Waals surface area (Å²) in [5.41, 5.74) is 0.725. The Morgan fingerprint density at radius 2 is 1.52 bits per heavy atom. The van der Waals surface area contributed by atoms with Crippen LogP contribution in [-0.2, 0) is 16.2 Å². The monoisotopic (exact) mass is 420 g/mol. The summed E-state index contributed by atoms with van der Waals surface area (Å²) in [6, 6.07) is 14.1. The van der Waals surface area contributed by atoms with E-state index in [1.54, 1.807) is 0 Å². The SMILES string of the molecule is O=S(=O)(C=CC#Cc1ccccc1)N1CCN(c2ccc(C(F)(F)F)cc2)CC1. The second-order valence-corrected chi connectivity index (χ2v) is 8.23. The van der Waals surface area contributed by atoms with Crippen LogP contribution in [0.15, 0.2) is 66.1 Å². The molecule has 1 fully saturated rings. The van der Waals surface area contributed by atoms with Gasteiger partial charge in [-0.25, -0.2) is 8.42 Å². The van der Waals surface area contributed by atoms with Gasteiger partial charge < -0.3 is 4.90 Å². The lowest BCUT2D eigenvalue weighted by Crippen LogP contribution is -2.48. The fraction of sp³-hybridized carbons (Fsp3) is 0.238. The lowest BCUT2D eigenvalue weighted by Gasteiger charge is -2.34. The zero-order chi connectivity index (χ0) is 20.9. The molecule has 2 aromatic carbocycles. The van der Waals surface area contributed by atoms with Crippen LogP contribution in [0.2, 0.25) is 0 Å². The van der Waals surface area contributed by atoms with Crippen LogP contribution in [0.5, 0.6) is 0 Å². The molecule has 0 unspecified atom stereocenters. The number of piperazine rings is 1. The molecule has 152 valence electrons. The number of anilines is 1. The van der Waals surface area contributed by atoms with Gasteiger partial charge in [0, 0.05) is 43.5 Å². The molecule has 1 aliphatic rings. The average Bonchev–Trinajstić information content (AvgIpc) is 2.72. The van der Waals surface area contributed by atoms with E-state index in [4.69, 9.17) is 0 Å². The van der Waals surface area contributed by atoms with Gasteiger partial charge in [-0.2, -0.15) is 17.5 Å². The van der Waals surface area contributed by atoms with Crippen molar-refractivity contribution in [1.29, 1.82) is 0 Å². The largest absolute Gasteiger partial charge is 0.416 e. The number of sulfonamides is 1. The molecule has 0 saturated carbocycles. The normalized spacial score (nSPS) is 15.9. The van der Waals surface area contributed by atoms with Gasteiger partial charge in [-0.3, -0.25) is 0 Å². The maximum Gasteiger partial charge on any atom is 0.416 e. The predicted molar refractivity (Wildman–Crippen MR) is 107 cm³/mol. The van der Waals surface area contributed by atoms with Crippen molar-refractivity contribution in [3.63, 3.8) is 0 Å². The number of rotatable bonds is 3. The molecule has 0 aromatic heterocycles. The molecule has 0 radical (unpaired) electrons. The summed E-state index contributed by atoms with van der Waals surface area (Å²) in [5.74, 6) is 5.57. The fourth-order valence-corrected chi connectivity index (χ4v) is 4.00. The summed E-state index contributed by atoms with van der Waals surface area (Å²) in [6.07, 6.45) is -3.06. The van der Waals surface area contributed by atoms with Crippen molar-refractivity contribution in [1.82, 2.24) is 4.31 Å². The molecule has 29 heavy (non-hydrogen) atoms. The Balaban J connectivity index is 1.58. The number of hydrogen-bond donors (Lipinski definition) is 0. The third-order valence-electron chi connectivity index (χ3n) is 4.47. The van der Waals surface area contributed by atoms with Crippen LogP contribution in [0, 0.1) is 11.8 Å². The molecular weight excluding hydrogens is 401 g/mol. The maximum absolute atomic E-state index is 12.7. The van der Waals surface area contributed by atoms with Gasteiger partial charge in [0.25, 0.3) is 0 Å². The van der Waals surface area contributed by atoms with E-state index in [0.29, 0.717) is 18.8 Å². The molecule has 1 saturated heterocycles. The van der Waals surface area contributed by atoms with Crippen LogP contribution in [0.25, 0.3) is 0 Å². The zero-order valence-corrected chi connectivity index (χ0v) is 16.2. The summed E-state index contributed by atoms with van der Waals surface area (Å²) >= 11 is 0. The highest BCUT2D eigenvalue weighted by Crippen LogP contribution is 2.30. The van der Waals surface area contributed by atoms with Crippen LogP contribution in [-0.4, -0.2) is 38.9 Å². The third kappa shape index (κ3) is 5.62. The molecule has 1 aliphatic heterocycles. The van der Waals surface area contributed by atoms with Crippen LogP contribution in [0.4, 0.5) is 18.9 Å². The van der Waals surface area contributed by atoms with E-state index in [0.717, 1.165) is 23.1 Å². The van der Waals surface area contributed by atoms with Crippen molar-refractivity contribution in [3.8, 4) is 11.8 Å². The number of allylic oxidation sites excluding steroid dienone is 1.